The number of carbonyl (C=O) groups excluding carboxylic acids is 3. The first-order valence-corrected chi connectivity index (χ1v) is 24.4. The highest BCUT2D eigenvalue weighted by molar-refractivity contribution is 5.71. The van der Waals surface area contributed by atoms with Crippen LogP contribution < -0.4 is 0 Å². The topological polar surface area (TPSA) is 78.9 Å². The van der Waals surface area contributed by atoms with E-state index >= 15 is 0 Å². The summed E-state index contributed by atoms with van der Waals surface area (Å²) in [6.45, 7) is 9.03. The maximum atomic E-state index is 12.7. The first-order chi connectivity index (χ1) is 26.9. The number of hydrogen-bond donors (Lipinski definition) is 0. The minimum Gasteiger partial charge on any atom is -0.462 e. The van der Waals surface area contributed by atoms with Gasteiger partial charge >= 0.3 is 17.9 Å². The Labute approximate surface area is 342 Å². The van der Waals surface area contributed by atoms with Crippen LogP contribution in [0.1, 0.15) is 272 Å². The van der Waals surface area contributed by atoms with Crippen molar-refractivity contribution in [1.29, 1.82) is 0 Å². The lowest BCUT2D eigenvalue weighted by Crippen LogP contribution is -2.30. The summed E-state index contributed by atoms with van der Waals surface area (Å²) in [7, 11) is 0. The van der Waals surface area contributed by atoms with E-state index in [4.69, 9.17) is 14.2 Å². The zero-order valence-electron chi connectivity index (χ0n) is 37.4. The van der Waals surface area contributed by atoms with Gasteiger partial charge in [0.25, 0.3) is 0 Å². The highest BCUT2D eigenvalue weighted by Crippen LogP contribution is 2.17. The zero-order chi connectivity index (χ0) is 40.3. The third-order valence-electron chi connectivity index (χ3n) is 11.4. The van der Waals surface area contributed by atoms with Gasteiger partial charge in [0.05, 0.1) is 0 Å². The maximum absolute atomic E-state index is 12.7. The molecule has 0 rings (SSSR count). The second-order valence-electron chi connectivity index (χ2n) is 17.0. The Morgan fingerprint density at radius 2 is 0.636 bits per heavy atom. The highest BCUT2D eigenvalue weighted by Gasteiger charge is 2.19. The quantitative estimate of drug-likeness (QED) is 0.0348. The fourth-order valence-electron chi connectivity index (χ4n) is 7.30. The Hall–Kier alpha value is -1.59. The molecule has 0 radical (unpaired) electrons. The van der Waals surface area contributed by atoms with Crippen LogP contribution in [0.25, 0.3) is 0 Å². The van der Waals surface area contributed by atoms with Gasteiger partial charge in [-0.05, 0) is 25.2 Å². The molecule has 55 heavy (non-hydrogen) atoms. The standard InChI is InChI=1S/C49H94O6/c1-5-8-10-12-14-16-18-20-25-29-33-37-41-48(51)54-44-46(43-53-47(50)40-36-32-28-24-19-17-15-13-11-9-6-2)55-49(52)42-38-34-30-26-22-21-23-27-31-35-39-45(4)7-3/h45-46H,5-44H2,1-4H3/t45?,46-/m0/s1. The Morgan fingerprint density at radius 1 is 0.364 bits per heavy atom. The molecule has 0 bridgehead atoms. The van der Waals surface area contributed by atoms with Crippen LogP contribution in [0.3, 0.4) is 0 Å². The molecule has 6 nitrogen and oxygen atoms in total. The summed E-state index contributed by atoms with van der Waals surface area (Å²) in [5.74, 6) is 0.0177. The minimum atomic E-state index is -0.759. The largest absolute Gasteiger partial charge is 0.462 e. The fraction of sp³-hybridized carbons (Fsp3) is 0.939. The molecule has 6 heteroatoms. The van der Waals surface area contributed by atoms with Crippen molar-refractivity contribution in [2.75, 3.05) is 13.2 Å². The van der Waals surface area contributed by atoms with Crippen LogP contribution in [0.2, 0.25) is 0 Å². The molecule has 326 valence electrons. The minimum absolute atomic E-state index is 0.0633. The lowest BCUT2D eigenvalue weighted by Gasteiger charge is -2.18. The summed E-state index contributed by atoms with van der Waals surface area (Å²) in [4.78, 5) is 37.8. The molecule has 0 aromatic rings. The Balaban J connectivity index is 4.33. The molecule has 0 saturated heterocycles. The molecular formula is C49H94O6. The molecule has 0 aliphatic carbocycles. The second kappa shape index (κ2) is 43.5. The third-order valence-corrected chi connectivity index (χ3v) is 11.4. The van der Waals surface area contributed by atoms with Crippen molar-refractivity contribution in [2.24, 2.45) is 5.92 Å². The van der Waals surface area contributed by atoms with Gasteiger partial charge in [0, 0.05) is 19.3 Å². The zero-order valence-corrected chi connectivity index (χ0v) is 37.4. The van der Waals surface area contributed by atoms with Crippen LogP contribution in [0.4, 0.5) is 0 Å². The maximum Gasteiger partial charge on any atom is 0.306 e. The normalized spacial score (nSPS) is 12.4. The van der Waals surface area contributed by atoms with E-state index in [1.54, 1.807) is 0 Å². The van der Waals surface area contributed by atoms with Crippen molar-refractivity contribution in [1.82, 2.24) is 0 Å². The van der Waals surface area contributed by atoms with Crippen molar-refractivity contribution < 1.29 is 28.6 Å². The van der Waals surface area contributed by atoms with E-state index in [1.807, 2.05) is 0 Å². The van der Waals surface area contributed by atoms with Crippen LogP contribution >= 0.6 is 0 Å². The molecule has 0 heterocycles. The molecule has 0 N–H and O–H groups in total. The van der Waals surface area contributed by atoms with Gasteiger partial charge in [-0.25, -0.2) is 0 Å². The van der Waals surface area contributed by atoms with E-state index in [0.29, 0.717) is 19.3 Å². The molecule has 0 amide bonds. The van der Waals surface area contributed by atoms with Crippen molar-refractivity contribution in [2.45, 2.75) is 278 Å². The molecule has 0 fully saturated rings. The van der Waals surface area contributed by atoms with Gasteiger partial charge in [-0.3, -0.25) is 14.4 Å². The average molecular weight is 779 g/mol. The van der Waals surface area contributed by atoms with Gasteiger partial charge in [0.1, 0.15) is 13.2 Å². The van der Waals surface area contributed by atoms with Crippen LogP contribution in [0.5, 0.6) is 0 Å². The third kappa shape index (κ3) is 41.9. The first kappa shape index (κ1) is 53.4. The van der Waals surface area contributed by atoms with Crippen LogP contribution in [0, 0.1) is 5.92 Å². The van der Waals surface area contributed by atoms with Gasteiger partial charge in [-0.15, -0.1) is 0 Å². The molecule has 0 aromatic carbocycles. The number of hydrogen-bond acceptors (Lipinski definition) is 6. The van der Waals surface area contributed by atoms with E-state index in [0.717, 1.165) is 63.7 Å². The summed E-state index contributed by atoms with van der Waals surface area (Å²) in [6, 6.07) is 0. The summed E-state index contributed by atoms with van der Waals surface area (Å²) in [5, 5.41) is 0. The molecule has 0 saturated carbocycles. The number of carbonyl (C=O) groups is 3. The van der Waals surface area contributed by atoms with Gasteiger partial charge in [0.2, 0.25) is 0 Å². The van der Waals surface area contributed by atoms with Crippen molar-refractivity contribution in [3.05, 3.63) is 0 Å². The molecule has 1 unspecified atom stereocenters. The predicted octanol–water partition coefficient (Wildman–Crippen LogP) is 15.5. The monoisotopic (exact) mass is 779 g/mol. The van der Waals surface area contributed by atoms with E-state index in [9.17, 15) is 14.4 Å². The van der Waals surface area contributed by atoms with E-state index in [-0.39, 0.29) is 31.1 Å². The smallest absolute Gasteiger partial charge is 0.306 e. The first-order valence-electron chi connectivity index (χ1n) is 24.4. The van der Waals surface area contributed by atoms with Crippen LogP contribution in [-0.2, 0) is 28.6 Å². The molecule has 0 aromatic heterocycles. The SMILES string of the molecule is CCCCCCCCCCCCCCC(=O)OC[C@H](COC(=O)CCCCCCCCCCCCC)OC(=O)CCCCCCCCCCCCC(C)CC. The molecular weight excluding hydrogens is 685 g/mol. The molecule has 0 aliphatic rings. The Kier molecular flexibility index (Phi) is 42.3. The lowest BCUT2D eigenvalue weighted by atomic mass is 9.99. The van der Waals surface area contributed by atoms with Crippen molar-refractivity contribution in [3.8, 4) is 0 Å². The van der Waals surface area contributed by atoms with E-state index in [2.05, 4.69) is 27.7 Å². The van der Waals surface area contributed by atoms with Crippen LogP contribution in [-0.4, -0.2) is 37.2 Å². The van der Waals surface area contributed by atoms with Gasteiger partial charge in [-0.2, -0.15) is 0 Å². The van der Waals surface area contributed by atoms with Gasteiger partial charge < -0.3 is 14.2 Å². The van der Waals surface area contributed by atoms with Gasteiger partial charge in [-0.1, -0.05) is 233 Å². The van der Waals surface area contributed by atoms with Crippen molar-refractivity contribution in [3.63, 3.8) is 0 Å². The Bertz CT molecular complexity index is 828. The summed E-state index contributed by atoms with van der Waals surface area (Å²) < 4.78 is 16.8. The predicted molar refractivity (Wildman–Crippen MR) is 233 cm³/mol. The van der Waals surface area contributed by atoms with Crippen LogP contribution in [0.15, 0.2) is 0 Å². The summed E-state index contributed by atoms with van der Waals surface area (Å²) in [5.41, 5.74) is 0. The second-order valence-corrected chi connectivity index (χ2v) is 17.0. The number of ether oxygens (including phenoxy) is 3. The molecule has 0 spiro atoms. The van der Waals surface area contributed by atoms with Gasteiger partial charge in [0.15, 0.2) is 6.10 Å². The fourth-order valence-corrected chi connectivity index (χ4v) is 7.30. The summed E-state index contributed by atoms with van der Waals surface area (Å²) in [6.07, 6.45) is 43.6. The molecule has 2 atom stereocenters. The number of unbranched alkanes of at least 4 members (excludes halogenated alkanes) is 30. The highest BCUT2D eigenvalue weighted by atomic mass is 16.6. The lowest BCUT2D eigenvalue weighted by molar-refractivity contribution is -0.167. The van der Waals surface area contributed by atoms with Crippen molar-refractivity contribution >= 4 is 17.9 Å². The Morgan fingerprint density at radius 3 is 0.945 bits per heavy atom. The number of esters is 3. The number of rotatable bonds is 44. The van der Waals surface area contributed by atoms with E-state index in [1.165, 1.54) is 167 Å². The average Bonchev–Trinajstić information content (AvgIpc) is 3.18. The summed E-state index contributed by atoms with van der Waals surface area (Å²) >= 11 is 0. The van der Waals surface area contributed by atoms with E-state index < -0.39 is 6.10 Å². The molecule has 0 aliphatic heterocycles.